The molecule has 0 radical (unpaired) electrons. The number of furan rings is 1. The monoisotopic (exact) mass is 485 g/mol. The average molecular weight is 486 g/mol. The first-order chi connectivity index (χ1) is 15.1. The molecule has 3 aromatic rings. The van der Waals surface area contributed by atoms with Crippen LogP contribution in [0.1, 0.15) is 30.4 Å². The number of alkyl halides is 3. The van der Waals surface area contributed by atoms with Gasteiger partial charge in [0.2, 0.25) is 5.09 Å². The van der Waals surface area contributed by atoms with E-state index >= 15 is 0 Å². The van der Waals surface area contributed by atoms with Crippen molar-refractivity contribution in [1.82, 2.24) is 4.31 Å². The fourth-order valence-electron chi connectivity index (χ4n) is 3.92. The Morgan fingerprint density at radius 2 is 1.91 bits per heavy atom. The van der Waals surface area contributed by atoms with Gasteiger partial charge in [0.05, 0.1) is 11.6 Å². The number of carbonyl (C=O) groups is 1. The maximum Gasteiger partial charge on any atom is 0.416 e. The molecule has 1 unspecified atom stereocenters. The average Bonchev–Trinajstić information content (AvgIpc) is 3.40. The van der Waals surface area contributed by atoms with Crippen LogP contribution < -0.4 is 0 Å². The Balaban J connectivity index is 1.52. The van der Waals surface area contributed by atoms with E-state index in [0.29, 0.717) is 23.8 Å². The summed E-state index contributed by atoms with van der Waals surface area (Å²) in [7, 11) is -4.04. The molecular formula is C22H19ClF3NO4S. The van der Waals surface area contributed by atoms with Crippen LogP contribution in [0.4, 0.5) is 13.2 Å². The molecule has 1 aliphatic rings. The van der Waals surface area contributed by atoms with Crippen LogP contribution in [-0.2, 0) is 27.4 Å². The van der Waals surface area contributed by atoms with E-state index in [1.165, 1.54) is 6.07 Å². The highest BCUT2D eigenvalue weighted by Gasteiger charge is 2.40. The maximum absolute atomic E-state index is 13.1. The van der Waals surface area contributed by atoms with Gasteiger partial charge in [0.1, 0.15) is 5.58 Å². The van der Waals surface area contributed by atoms with Crippen LogP contribution in [0.3, 0.4) is 0 Å². The highest BCUT2D eigenvalue weighted by molar-refractivity contribution is 7.89. The lowest BCUT2D eigenvalue weighted by atomic mass is 10.0. The van der Waals surface area contributed by atoms with Crippen molar-refractivity contribution < 1.29 is 30.8 Å². The lowest BCUT2D eigenvalue weighted by Crippen LogP contribution is -2.40. The Morgan fingerprint density at radius 1 is 1.16 bits per heavy atom. The number of fused-ring (bicyclic) bond motifs is 1. The molecule has 1 atom stereocenters. The molecule has 1 fully saturated rings. The van der Waals surface area contributed by atoms with Gasteiger partial charge in [-0.05, 0) is 49.1 Å². The number of carbonyl (C=O) groups excluding carboxylic acids is 1. The Labute approximate surface area is 187 Å². The van der Waals surface area contributed by atoms with E-state index in [0.717, 1.165) is 22.5 Å². The lowest BCUT2D eigenvalue weighted by molar-refractivity contribution is -0.137. The maximum atomic E-state index is 13.1. The van der Waals surface area contributed by atoms with E-state index < -0.39 is 27.8 Å². The molecule has 32 heavy (non-hydrogen) atoms. The summed E-state index contributed by atoms with van der Waals surface area (Å²) < 4.78 is 71.8. The first-order valence-electron chi connectivity index (χ1n) is 9.96. The molecule has 4 rings (SSSR count). The van der Waals surface area contributed by atoms with Crippen LogP contribution >= 0.6 is 11.6 Å². The van der Waals surface area contributed by atoms with Gasteiger partial charge in [-0.1, -0.05) is 29.8 Å². The molecule has 0 spiro atoms. The summed E-state index contributed by atoms with van der Waals surface area (Å²) in [6, 6.07) is 10.4. The number of benzene rings is 2. The Morgan fingerprint density at radius 3 is 2.62 bits per heavy atom. The zero-order valence-corrected chi connectivity index (χ0v) is 18.3. The van der Waals surface area contributed by atoms with Crippen molar-refractivity contribution in [2.24, 2.45) is 0 Å². The van der Waals surface area contributed by atoms with Crippen molar-refractivity contribution in [2.45, 2.75) is 43.0 Å². The second-order valence-corrected chi connectivity index (χ2v) is 9.88. The van der Waals surface area contributed by atoms with Crippen LogP contribution in [0.15, 0.2) is 58.0 Å². The number of Topliss-reactive ketones (excluding diaryl/α,β-unsaturated/α-hetero) is 1. The molecule has 2 aromatic carbocycles. The normalized spacial score (nSPS) is 17.8. The number of rotatable bonds is 6. The van der Waals surface area contributed by atoms with Gasteiger partial charge in [0.25, 0.3) is 10.0 Å². The third kappa shape index (κ3) is 4.42. The fourth-order valence-corrected chi connectivity index (χ4v) is 5.76. The van der Waals surface area contributed by atoms with Gasteiger partial charge in [0, 0.05) is 29.4 Å². The Bertz CT molecular complexity index is 1240. The third-order valence-corrected chi connectivity index (χ3v) is 7.69. The third-order valence-electron chi connectivity index (χ3n) is 5.56. The zero-order valence-electron chi connectivity index (χ0n) is 16.7. The number of para-hydroxylation sites is 1. The van der Waals surface area contributed by atoms with Crippen molar-refractivity contribution in [3.05, 3.63) is 64.7 Å². The van der Waals surface area contributed by atoms with Crippen molar-refractivity contribution in [3.63, 3.8) is 0 Å². The fraction of sp³-hybridized carbons (Fsp3) is 0.318. The quantitative estimate of drug-likeness (QED) is 0.465. The van der Waals surface area contributed by atoms with E-state index in [1.54, 1.807) is 24.3 Å². The molecule has 0 amide bonds. The van der Waals surface area contributed by atoms with Gasteiger partial charge in [-0.25, -0.2) is 8.42 Å². The van der Waals surface area contributed by atoms with E-state index in [4.69, 9.17) is 16.0 Å². The van der Waals surface area contributed by atoms with Crippen LogP contribution in [-0.4, -0.2) is 31.1 Å². The van der Waals surface area contributed by atoms with Crippen molar-refractivity contribution in [3.8, 4) is 0 Å². The summed E-state index contributed by atoms with van der Waals surface area (Å²) in [5, 5.41) is 0.524. The summed E-state index contributed by atoms with van der Waals surface area (Å²) in [6.07, 6.45) is -3.82. The summed E-state index contributed by atoms with van der Waals surface area (Å²) in [5.74, 6) is -0.365. The summed E-state index contributed by atoms with van der Waals surface area (Å²) in [4.78, 5) is 12.9. The van der Waals surface area contributed by atoms with E-state index in [9.17, 15) is 26.4 Å². The molecule has 170 valence electrons. The van der Waals surface area contributed by atoms with E-state index in [1.807, 2.05) is 0 Å². The molecule has 2 heterocycles. The van der Waals surface area contributed by atoms with Gasteiger partial charge in [-0.3, -0.25) is 4.79 Å². The first kappa shape index (κ1) is 22.8. The van der Waals surface area contributed by atoms with Crippen LogP contribution in [0.2, 0.25) is 5.02 Å². The Kier molecular flexibility index (Phi) is 6.08. The SMILES string of the molecule is O=C(CCc1cc(C(F)(F)F)ccc1Cl)C1CCCN1S(=O)(=O)c1cc2ccccc2o1. The van der Waals surface area contributed by atoms with Gasteiger partial charge in [-0.15, -0.1) is 0 Å². The highest BCUT2D eigenvalue weighted by atomic mass is 35.5. The number of aryl methyl sites for hydroxylation is 1. The predicted molar refractivity (Wildman–Crippen MR) is 113 cm³/mol. The van der Waals surface area contributed by atoms with Gasteiger partial charge >= 0.3 is 6.18 Å². The number of sulfonamides is 1. The van der Waals surface area contributed by atoms with Crippen LogP contribution in [0.5, 0.6) is 0 Å². The number of halogens is 4. The molecule has 0 saturated carbocycles. The topological polar surface area (TPSA) is 67.6 Å². The molecule has 5 nitrogen and oxygen atoms in total. The molecule has 1 aliphatic heterocycles. The summed E-state index contributed by atoms with van der Waals surface area (Å²) in [6.45, 7) is 0.167. The lowest BCUT2D eigenvalue weighted by Gasteiger charge is -2.22. The standard InChI is InChI=1S/C22H19ClF3NO4S/c23-17-9-8-16(22(24,25)26)12-14(17)7-10-19(28)18-5-3-11-27(18)32(29,30)21-13-15-4-1-2-6-20(15)31-21/h1-2,4,6,8-9,12-13,18H,3,5,7,10-11H2. The van der Waals surface area contributed by atoms with Crippen molar-refractivity contribution in [1.29, 1.82) is 0 Å². The second-order valence-electron chi connectivity index (χ2n) is 7.65. The van der Waals surface area contributed by atoms with Crippen LogP contribution in [0, 0.1) is 0 Å². The van der Waals surface area contributed by atoms with Crippen molar-refractivity contribution in [2.75, 3.05) is 6.54 Å². The number of hydrogen-bond donors (Lipinski definition) is 0. The largest absolute Gasteiger partial charge is 0.443 e. The van der Waals surface area contributed by atoms with Gasteiger partial charge in [0.15, 0.2) is 5.78 Å². The molecule has 10 heteroatoms. The summed E-state index contributed by atoms with van der Waals surface area (Å²) >= 11 is 6.01. The minimum atomic E-state index is -4.52. The van der Waals surface area contributed by atoms with Crippen LogP contribution in [0.25, 0.3) is 11.0 Å². The molecule has 0 N–H and O–H groups in total. The molecule has 1 saturated heterocycles. The molecular weight excluding hydrogens is 467 g/mol. The number of nitrogens with zero attached hydrogens (tertiary/aromatic N) is 1. The van der Waals surface area contributed by atoms with E-state index in [2.05, 4.69) is 0 Å². The highest BCUT2D eigenvalue weighted by Crippen LogP contribution is 2.33. The van der Waals surface area contributed by atoms with Gasteiger partial charge in [-0.2, -0.15) is 17.5 Å². The summed E-state index contributed by atoms with van der Waals surface area (Å²) in [5.41, 5.74) is -0.230. The number of ketones is 1. The smallest absolute Gasteiger partial charge is 0.416 e. The molecule has 0 aliphatic carbocycles. The minimum absolute atomic E-state index is 0.0173. The molecule has 1 aromatic heterocycles. The second kappa shape index (κ2) is 8.53. The van der Waals surface area contributed by atoms with Gasteiger partial charge < -0.3 is 4.42 Å². The number of hydrogen-bond acceptors (Lipinski definition) is 4. The molecule has 0 bridgehead atoms. The first-order valence-corrected chi connectivity index (χ1v) is 11.8. The Hall–Kier alpha value is -2.36. The zero-order chi connectivity index (χ0) is 23.1. The predicted octanol–water partition coefficient (Wildman–Crippen LogP) is 5.46. The van der Waals surface area contributed by atoms with E-state index in [-0.39, 0.29) is 40.8 Å². The van der Waals surface area contributed by atoms with Crippen molar-refractivity contribution >= 4 is 38.4 Å². The minimum Gasteiger partial charge on any atom is -0.443 e.